The van der Waals surface area contributed by atoms with Gasteiger partial charge in [-0.3, -0.25) is 0 Å². The Labute approximate surface area is 386 Å². The first-order valence-corrected chi connectivity index (χ1v) is 20.0. The van der Waals surface area contributed by atoms with Crippen molar-refractivity contribution in [3.63, 3.8) is 0 Å². The zero-order chi connectivity index (χ0) is 38.8. The molecule has 7 aromatic rings. The van der Waals surface area contributed by atoms with E-state index in [9.17, 15) is 0 Å². The molecule has 9 rings (SSSR count). The summed E-state index contributed by atoms with van der Waals surface area (Å²) in [5.74, 6) is 0. The van der Waals surface area contributed by atoms with Crippen molar-refractivity contribution in [2.45, 2.75) is 0 Å². The van der Waals surface area contributed by atoms with Crippen molar-refractivity contribution in [2.75, 3.05) is 0 Å². The fraction of sp³-hybridized carbons (Fsp3) is 0. The van der Waals surface area contributed by atoms with Crippen molar-refractivity contribution >= 4 is 162 Å². The number of para-hydroxylation sites is 1. The molecule has 0 spiro atoms. The normalized spacial score (nSPS) is 11.9. The molecule has 0 radical (unpaired) electrons. The SMILES string of the molecule is Clc1cccc(Cl)c1-c1c(-c2c(Cl)cccc2Cl)c2c(-c3c(Cl)cccc3Cl)c3nc(cc4ccc(cc5nc(cc1n2-c1c(Cl)cccc1Cl)C=C5)[nH]4)C=C3.[H-].[H-].[Mg+2]. The summed E-state index contributed by atoms with van der Waals surface area (Å²) in [5.41, 5.74) is 8.82. The number of benzene rings is 4. The molecule has 0 amide bonds. The molecule has 4 nitrogen and oxygen atoms in total. The summed E-state index contributed by atoms with van der Waals surface area (Å²) in [6.07, 6.45) is 7.69. The van der Waals surface area contributed by atoms with Gasteiger partial charge in [0.2, 0.25) is 0 Å². The van der Waals surface area contributed by atoms with Crippen LogP contribution < -0.4 is 0 Å². The van der Waals surface area contributed by atoms with Gasteiger partial charge < -0.3 is 12.4 Å². The van der Waals surface area contributed by atoms with Crippen molar-refractivity contribution in [2.24, 2.45) is 0 Å². The van der Waals surface area contributed by atoms with E-state index >= 15 is 0 Å². The summed E-state index contributed by atoms with van der Waals surface area (Å²) in [4.78, 5) is 13.7. The molecule has 57 heavy (non-hydrogen) atoms. The predicted molar refractivity (Wildman–Crippen MR) is 248 cm³/mol. The predicted octanol–water partition coefficient (Wildman–Crippen LogP) is 16.2. The second-order valence-corrected chi connectivity index (χ2v) is 16.2. The Balaban J connectivity index is 0.00000195. The maximum atomic E-state index is 7.24. The van der Waals surface area contributed by atoms with Gasteiger partial charge in [-0.2, -0.15) is 0 Å². The van der Waals surface area contributed by atoms with Crippen molar-refractivity contribution in [1.82, 2.24) is 19.5 Å². The van der Waals surface area contributed by atoms with Gasteiger partial charge >= 0.3 is 23.1 Å². The van der Waals surface area contributed by atoms with Gasteiger partial charge in [-0.25, -0.2) is 9.97 Å². The Hall–Kier alpha value is -3.43. The zero-order valence-electron chi connectivity index (χ0n) is 31.2. The third-order valence-electron chi connectivity index (χ3n) is 9.47. The molecule has 4 aromatic carbocycles. The van der Waals surface area contributed by atoms with Crippen LogP contribution in [0.2, 0.25) is 40.2 Å². The largest absolute Gasteiger partial charge is 2.00 e. The van der Waals surface area contributed by atoms with E-state index in [1.54, 1.807) is 72.8 Å². The zero-order valence-corrected chi connectivity index (χ0v) is 36.7. The van der Waals surface area contributed by atoms with E-state index in [1.807, 2.05) is 59.2 Å². The van der Waals surface area contributed by atoms with Crippen LogP contribution in [0.5, 0.6) is 0 Å². The number of nitrogens with one attached hydrogen (secondary N) is 1. The van der Waals surface area contributed by atoms with Gasteiger partial charge in [-0.1, -0.05) is 117 Å². The first kappa shape index (κ1) is 40.4. The average molecular weight is 917 g/mol. The molecule has 0 saturated carbocycles. The van der Waals surface area contributed by atoms with E-state index in [0.29, 0.717) is 107 Å². The first-order chi connectivity index (χ1) is 27.1. The Morgan fingerprint density at radius 1 is 0.421 bits per heavy atom. The topological polar surface area (TPSA) is 46.5 Å². The molecule has 2 aliphatic heterocycles. The molecule has 0 saturated heterocycles. The van der Waals surface area contributed by atoms with Gasteiger partial charge in [0.15, 0.2) is 0 Å². The number of nitrogens with zero attached hydrogens (tertiary/aromatic N) is 3. The molecule has 13 heteroatoms. The Morgan fingerprint density at radius 2 is 0.825 bits per heavy atom. The number of halogens is 8. The van der Waals surface area contributed by atoms with E-state index in [-0.39, 0.29) is 25.9 Å². The standard InChI is InChI=1S/C44H22Cl8N4.Mg.2H/c45-27-5-1-6-28(46)37(27)40-35-18-17-25(55-35)20-24-14-13-22(53-24)19-23-15-16-26(54-23)21-36-41(38-29(47)7-2-8-30(38)48)42(39-31(49)9-3-10-32(39)50)44(40)56(36)43-33(51)11-4-12-34(43)52;;;/h1-21,53H;;;/q;+2;2*-1. The van der Waals surface area contributed by atoms with Gasteiger partial charge in [-0.05, 0) is 103 Å². The minimum Gasteiger partial charge on any atom is -1.00 e. The molecule has 0 unspecified atom stereocenters. The van der Waals surface area contributed by atoms with Gasteiger partial charge in [0, 0.05) is 64.5 Å². The van der Waals surface area contributed by atoms with Crippen LogP contribution in [0.25, 0.3) is 85.4 Å². The summed E-state index contributed by atoms with van der Waals surface area (Å²) in [6.45, 7) is 0. The number of H-pyrrole nitrogens is 1. The third kappa shape index (κ3) is 7.31. The molecule has 2 aliphatic rings. The van der Waals surface area contributed by atoms with Crippen molar-refractivity contribution in [1.29, 1.82) is 0 Å². The van der Waals surface area contributed by atoms with Gasteiger partial charge in [0.25, 0.3) is 0 Å². The van der Waals surface area contributed by atoms with Gasteiger partial charge in [0.05, 0.1) is 59.6 Å². The number of rotatable bonds is 4. The van der Waals surface area contributed by atoms with Crippen molar-refractivity contribution in [3.05, 3.63) is 166 Å². The molecular formula is C44H24Cl8MgN4. The molecule has 3 aromatic heterocycles. The molecule has 278 valence electrons. The average Bonchev–Trinajstić information content (AvgIpc) is 3.96. The van der Waals surface area contributed by atoms with Crippen LogP contribution in [0, 0.1) is 0 Å². The fourth-order valence-electron chi connectivity index (χ4n) is 7.18. The molecule has 0 atom stereocenters. The van der Waals surface area contributed by atoms with Crippen LogP contribution in [0.15, 0.2) is 103 Å². The summed E-state index contributed by atoms with van der Waals surface area (Å²) in [5, 5.41) is 2.83. The van der Waals surface area contributed by atoms with Crippen LogP contribution >= 0.6 is 92.8 Å². The van der Waals surface area contributed by atoms with E-state index in [4.69, 9.17) is 103 Å². The monoisotopic (exact) mass is 912 g/mol. The molecular weight excluding hydrogens is 892 g/mol. The summed E-state index contributed by atoms with van der Waals surface area (Å²) >= 11 is 57.7. The summed E-state index contributed by atoms with van der Waals surface area (Å²) in [7, 11) is 0. The van der Waals surface area contributed by atoms with Crippen LogP contribution in [-0.2, 0) is 0 Å². The van der Waals surface area contributed by atoms with Crippen LogP contribution in [0.4, 0.5) is 0 Å². The Morgan fingerprint density at radius 3 is 1.33 bits per heavy atom. The van der Waals surface area contributed by atoms with Gasteiger partial charge in [-0.15, -0.1) is 0 Å². The second-order valence-electron chi connectivity index (χ2n) is 12.9. The molecule has 1 N–H and O–H groups in total. The third-order valence-corrected chi connectivity index (χ3v) is 12.0. The van der Waals surface area contributed by atoms with E-state index in [0.717, 1.165) is 16.7 Å². The second kappa shape index (κ2) is 16.3. The van der Waals surface area contributed by atoms with Crippen LogP contribution in [0.3, 0.4) is 0 Å². The van der Waals surface area contributed by atoms with Crippen LogP contribution in [0.1, 0.15) is 25.6 Å². The fourth-order valence-corrected chi connectivity index (χ4v) is 9.51. The van der Waals surface area contributed by atoms with Gasteiger partial charge in [0.1, 0.15) is 0 Å². The first-order valence-electron chi connectivity index (χ1n) is 17.0. The maximum absolute atomic E-state index is 7.24. The molecule has 8 bridgehead atoms. The Kier molecular flexibility index (Phi) is 11.5. The number of aromatic nitrogens is 4. The van der Waals surface area contributed by atoms with Crippen molar-refractivity contribution in [3.8, 4) is 39.1 Å². The maximum Gasteiger partial charge on any atom is 2.00 e. The minimum atomic E-state index is 0. The number of aromatic amines is 1. The summed E-state index contributed by atoms with van der Waals surface area (Å²) < 4.78 is 1.95. The molecule has 0 aliphatic carbocycles. The number of fused-ring (bicyclic) bond motifs is 8. The number of hydrogen-bond donors (Lipinski definition) is 1. The molecule has 0 fully saturated rings. The molecule has 5 heterocycles. The Bertz CT molecular complexity index is 2970. The van der Waals surface area contributed by atoms with E-state index < -0.39 is 0 Å². The smallest absolute Gasteiger partial charge is 1.00 e. The minimum absolute atomic E-state index is 0. The van der Waals surface area contributed by atoms with Crippen molar-refractivity contribution < 1.29 is 2.85 Å². The summed E-state index contributed by atoms with van der Waals surface area (Å²) in [6, 6.07) is 31.1. The number of hydrogen-bond acceptors (Lipinski definition) is 2. The van der Waals surface area contributed by atoms with Crippen LogP contribution in [-0.4, -0.2) is 42.6 Å². The van der Waals surface area contributed by atoms with E-state index in [2.05, 4.69) is 4.98 Å². The van der Waals surface area contributed by atoms with E-state index in [1.165, 1.54) is 0 Å². The quantitative estimate of drug-likeness (QED) is 0.179.